The molecule has 9 heteroatoms. The van der Waals surface area contributed by atoms with Crippen molar-refractivity contribution in [1.29, 1.82) is 0 Å². The lowest BCUT2D eigenvalue weighted by Gasteiger charge is -2.25. The average molecular weight is 467 g/mol. The highest BCUT2D eigenvalue weighted by atomic mass is 35.5. The van der Waals surface area contributed by atoms with Crippen LogP contribution >= 0.6 is 23.2 Å². The molecule has 0 radical (unpaired) electrons. The molecule has 0 saturated carbocycles. The molecule has 1 aromatic heterocycles. The molecule has 0 saturated heterocycles. The number of carbonyl (C=O) groups excluding carboxylic acids is 1. The quantitative estimate of drug-likeness (QED) is 0.282. The average Bonchev–Trinajstić information content (AvgIpc) is 3.07. The van der Waals surface area contributed by atoms with Gasteiger partial charge in [-0.25, -0.2) is 0 Å². The molecule has 0 fully saturated rings. The maximum Gasteiger partial charge on any atom is 0.295 e. The van der Waals surface area contributed by atoms with E-state index in [1.807, 2.05) is 0 Å². The zero-order chi connectivity index (χ0) is 22.6. The summed E-state index contributed by atoms with van der Waals surface area (Å²) in [7, 11) is 0. The van der Waals surface area contributed by atoms with Crippen molar-refractivity contribution in [3.63, 3.8) is 0 Å². The highest BCUT2D eigenvalue weighted by Crippen LogP contribution is 2.42. The summed E-state index contributed by atoms with van der Waals surface area (Å²) in [6.45, 7) is 0. The Labute approximate surface area is 190 Å². The Morgan fingerprint density at radius 3 is 2.44 bits per heavy atom. The fourth-order valence-corrected chi connectivity index (χ4v) is 4.32. The Kier molecular flexibility index (Phi) is 4.73. The molecular formula is C23H12Cl2N2O5. The Hall–Kier alpha value is -3.68. The first-order valence-corrected chi connectivity index (χ1v) is 10.2. The fraction of sp³-hybridized carbons (Fsp3) is 0.0435. The number of hydrogen-bond acceptors (Lipinski definition) is 5. The maximum absolute atomic E-state index is 13.5. The summed E-state index contributed by atoms with van der Waals surface area (Å²) < 4.78 is 5.85. The van der Waals surface area contributed by atoms with E-state index in [2.05, 4.69) is 0 Å². The van der Waals surface area contributed by atoms with Crippen LogP contribution in [0.25, 0.3) is 11.0 Å². The Morgan fingerprint density at radius 1 is 0.938 bits per heavy atom. The number of rotatable bonds is 3. The number of hydrogen-bond donors (Lipinski definition) is 0. The standard InChI is InChI=1S/C23H12Cl2N2O5/c24-13-4-2-5-15(10-13)26-20(12-3-1-6-16(9-12)27(30)31)19-21(28)17-11-14(25)7-8-18(17)32-22(19)23(26)29/h1-11,20H. The number of anilines is 1. The smallest absolute Gasteiger partial charge is 0.295 e. The molecule has 7 nitrogen and oxygen atoms in total. The van der Waals surface area contributed by atoms with Gasteiger partial charge in [-0.3, -0.25) is 24.6 Å². The number of non-ortho nitro benzene ring substituents is 1. The van der Waals surface area contributed by atoms with E-state index < -0.39 is 22.3 Å². The van der Waals surface area contributed by atoms with E-state index in [0.717, 1.165) is 0 Å². The van der Waals surface area contributed by atoms with Crippen molar-refractivity contribution >= 4 is 51.5 Å². The van der Waals surface area contributed by atoms with Crippen LogP contribution in [0.1, 0.15) is 27.7 Å². The molecule has 5 rings (SSSR count). The minimum Gasteiger partial charge on any atom is -0.450 e. The van der Waals surface area contributed by atoms with Gasteiger partial charge in [0.15, 0.2) is 5.43 Å². The zero-order valence-corrected chi connectivity index (χ0v) is 17.6. The summed E-state index contributed by atoms with van der Waals surface area (Å²) in [6.07, 6.45) is 0. The Morgan fingerprint density at radius 2 is 1.69 bits per heavy atom. The predicted octanol–water partition coefficient (Wildman–Crippen LogP) is 5.76. The first kappa shape index (κ1) is 20.2. The SMILES string of the molecule is O=C1c2oc3ccc(Cl)cc3c(=O)c2C(c2cccc([N+](=O)[O-])c2)N1c1cccc(Cl)c1. The zero-order valence-electron chi connectivity index (χ0n) is 16.1. The second kappa shape index (κ2) is 7.47. The molecule has 0 aliphatic carbocycles. The molecule has 1 aliphatic rings. The number of nitro groups is 1. The summed E-state index contributed by atoms with van der Waals surface area (Å²) in [5, 5.41) is 12.3. The molecule has 1 aliphatic heterocycles. The van der Waals surface area contributed by atoms with Crippen molar-refractivity contribution in [2.75, 3.05) is 4.90 Å². The molecule has 3 aromatic carbocycles. The van der Waals surface area contributed by atoms with Crippen LogP contribution in [0.4, 0.5) is 11.4 Å². The van der Waals surface area contributed by atoms with Crippen LogP contribution in [-0.4, -0.2) is 10.8 Å². The molecular weight excluding hydrogens is 455 g/mol. The summed E-state index contributed by atoms with van der Waals surface area (Å²) in [5.41, 5.74) is 0.523. The number of benzene rings is 3. The molecule has 2 heterocycles. The molecule has 158 valence electrons. The minimum atomic E-state index is -0.949. The van der Waals surface area contributed by atoms with Crippen LogP contribution in [0.15, 0.2) is 75.9 Å². The topological polar surface area (TPSA) is 93.7 Å². The second-order valence-corrected chi connectivity index (χ2v) is 8.10. The molecule has 1 unspecified atom stereocenters. The van der Waals surface area contributed by atoms with Crippen molar-refractivity contribution in [2.45, 2.75) is 6.04 Å². The van der Waals surface area contributed by atoms with Crippen molar-refractivity contribution in [3.8, 4) is 0 Å². The minimum absolute atomic E-state index is 0.0882. The molecule has 0 spiro atoms. The van der Waals surface area contributed by atoms with Crippen molar-refractivity contribution in [3.05, 3.63) is 114 Å². The van der Waals surface area contributed by atoms with E-state index in [9.17, 15) is 19.7 Å². The monoisotopic (exact) mass is 466 g/mol. The molecule has 32 heavy (non-hydrogen) atoms. The third-order valence-corrected chi connectivity index (χ3v) is 5.79. The number of fused-ring (bicyclic) bond motifs is 2. The van der Waals surface area contributed by atoms with E-state index >= 15 is 0 Å². The van der Waals surface area contributed by atoms with Gasteiger partial charge in [0.2, 0.25) is 5.76 Å². The summed E-state index contributed by atoms with van der Waals surface area (Å²) in [5.74, 6) is -0.672. The van der Waals surface area contributed by atoms with E-state index in [1.165, 1.54) is 35.2 Å². The summed E-state index contributed by atoms with van der Waals surface area (Å²) in [4.78, 5) is 39.2. The molecule has 1 atom stereocenters. The van der Waals surface area contributed by atoms with Crippen LogP contribution < -0.4 is 10.3 Å². The number of halogens is 2. The van der Waals surface area contributed by atoms with Crippen LogP contribution in [0, 0.1) is 10.1 Å². The van der Waals surface area contributed by atoms with Gasteiger partial charge in [0.25, 0.3) is 11.6 Å². The van der Waals surface area contributed by atoms with Crippen molar-refractivity contribution in [2.24, 2.45) is 0 Å². The predicted molar refractivity (Wildman–Crippen MR) is 121 cm³/mol. The lowest BCUT2D eigenvalue weighted by molar-refractivity contribution is -0.384. The van der Waals surface area contributed by atoms with Crippen molar-refractivity contribution in [1.82, 2.24) is 0 Å². The lowest BCUT2D eigenvalue weighted by Crippen LogP contribution is -2.29. The number of amides is 1. The second-order valence-electron chi connectivity index (χ2n) is 7.22. The third-order valence-electron chi connectivity index (χ3n) is 5.32. The summed E-state index contributed by atoms with van der Waals surface area (Å²) in [6, 6.07) is 16.0. The molecule has 1 amide bonds. The maximum atomic E-state index is 13.5. The highest BCUT2D eigenvalue weighted by Gasteiger charge is 2.44. The first-order chi connectivity index (χ1) is 15.3. The van der Waals surface area contributed by atoms with E-state index in [1.54, 1.807) is 36.4 Å². The van der Waals surface area contributed by atoms with Gasteiger partial charge < -0.3 is 4.42 Å². The van der Waals surface area contributed by atoms with Gasteiger partial charge >= 0.3 is 0 Å². The fourth-order valence-electron chi connectivity index (χ4n) is 3.96. The Bertz CT molecular complexity index is 1500. The molecule has 0 bridgehead atoms. The van der Waals surface area contributed by atoms with Gasteiger partial charge in [-0.05, 0) is 42.0 Å². The van der Waals surface area contributed by atoms with Gasteiger partial charge in [-0.1, -0.05) is 41.4 Å². The number of nitrogens with zero attached hydrogens (tertiary/aromatic N) is 2. The Balaban J connectivity index is 1.83. The van der Waals surface area contributed by atoms with Crippen molar-refractivity contribution < 1.29 is 14.1 Å². The van der Waals surface area contributed by atoms with Gasteiger partial charge in [-0.15, -0.1) is 0 Å². The summed E-state index contributed by atoms with van der Waals surface area (Å²) >= 11 is 12.2. The number of carbonyl (C=O) groups is 1. The van der Waals surface area contributed by atoms with Crippen LogP contribution in [0.5, 0.6) is 0 Å². The van der Waals surface area contributed by atoms with Gasteiger partial charge in [0.05, 0.1) is 21.9 Å². The van der Waals surface area contributed by atoms with E-state index in [-0.39, 0.29) is 28.0 Å². The van der Waals surface area contributed by atoms with Crippen LogP contribution in [-0.2, 0) is 0 Å². The van der Waals surface area contributed by atoms with Gasteiger partial charge in [0, 0.05) is 27.9 Å². The van der Waals surface area contributed by atoms with Crippen LogP contribution in [0.2, 0.25) is 10.0 Å². The third kappa shape index (κ3) is 3.14. The normalized spacial score (nSPS) is 15.2. The molecule has 0 N–H and O–H groups in total. The highest BCUT2D eigenvalue weighted by molar-refractivity contribution is 6.31. The first-order valence-electron chi connectivity index (χ1n) is 9.45. The molecule has 4 aromatic rings. The lowest BCUT2D eigenvalue weighted by atomic mass is 9.98. The largest absolute Gasteiger partial charge is 0.450 e. The van der Waals surface area contributed by atoms with E-state index in [4.69, 9.17) is 27.6 Å². The van der Waals surface area contributed by atoms with Gasteiger partial charge in [-0.2, -0.15) is 0 Å². The van der Waals surface area contributed by atoms with Crippen LogP contribution in [0.3, 0.4) is 0 Å². The van der Waals surface area contributed by atoms with E-state index in [0.29, 0.717) is 21.3 Å². The number of nitro benzene ring substituents is 1. The van der Waals surface area contributed by atoms with Gasteiger partial charge in [0.1, 0.15) is 5.58 Å².